The molecule has 0 radical (unpaired) electrons. The summed E-state index contributed by atoms with van der Waals surface area (Å²) >= 11 is 0. The maximum Gasteiger partial charge on any atom is 0.322 e. The van der Waals surface area contributed by atoms with Crippen molar-refractivity contribution in [3.63, 3.8) is 0 Å². The molecule has 0 saturated carbocycles. The molecule has 0 spiro atoms. The van der Waals surface area contributed by atoms with Crippen LogP contribution in [0, 0.1) is 13.8 Å². The van der Waals surface area contributed by atoms with Crippen molar-refractivity contribution in [2.45, 2.75) is 46.6 Å². The van der Waals surface area contributed by atoms with Crippen molar-refractivity contribution < 1.29 is 23.8 Å². The van der Waals surface area contributed by atoms with Gasteiger partial charge in [0.05, 0.1) is 32.8 Å². The average Bonchev–Trinajstić information content (AvgIpc) is 2.77. The number of carbonyl (C=O) groups is 2. The van der Waals surface area contributed by atoms with Crippen molar-refractivity contribution in [1.29, 1.82) is 0 Å². The third-order valence-electron chi connectivity index (χ3n) is 5.86. The number of hydrogen-bond acceptors (Lipinski definition) is 5. The van der Waals surface area contributed by atoms with Crippen LogP contribution in [0.1, 0.15) is 48.6 Å². The molecule has 1 N–H and O–H groups in total. The highest BCUT2D eigenvalue weighted by Crippen LogP contribution is 2.40. The number of hydrogen-bond donors (Lipinski definition) is 1. The van der Waals surface area contributed by atoms with Crippen molar-refractivity contribution in [1.82, 2.24) is 4.90 Å². The second-order valence-electron chi connectivity index (χ2n) is 7.78. The number of anilines is 1. The minimum absolute atomic E-state index is 0.0588. The van der Waals surface area contributed by atoms with Crippen molar-refractivity contribution in [2.75, 3.05) is 32.2 Å². The van der Waals surface area contributed by atoms with Gasteiger partial charge in [-0.3, -0.25) is 4.79 Å². The lowest BCUT2D eigenvalue weighted by atomic mass is 9.90. The third-order valence-corrected chi connectivity index (χ3v) is 5.86. The monoisotopic (exact) mass is 440 g/mol. The first kappa shape index (κ1) is 23.4. The highest BCUT2D eigenvalue weighted by Gasteiger charge is 2.34. The summed E-state index contributed by atoms with van der Waals surface area (Å²) in [5.74, 6) is 0.914. The molecule has 0 aliphatic carbocycles. The van der Waals surface area contributed by atoms with Crippen LogP contribution in [0.4, 0.5) is 10.5 Å². The molecule has 172 valence electrons. The van der Waals surface area contributed by atoms with E-state index in [1.165, 1.54) is 7.11 Å². The molecule has 1 atom stereocenters. The summed E-state index contributed by atoms with van der Waals surface area (Å²) in [5, 5.41) is 3.02. The SMILES string of the molecule is CCOc1cc2c(cc1OCC)[C@@H](CC(=O)OC)N(C(=O)Nc1cccc(C)c1C)CC2. The van der Waals surface area contributed by atoms with Crippen LogP contribution in [0.25, 0.3) is 0 Å². The standard InChI is InChI=1S/C25H32N2O5/c1-6-31-22-13-18-11-12-27(25(29)26-20-10-8-9-16(3)17(20)4)21(15-24(28)30-5)19(18)14-23(22)32-7-2/h8-10,13-14,21H,6-7,11-12,15H2,1-5H3,(H,26,29)/t21-/m1/s1. The molecule has 7 heteroatoms. The van der Waals surface area contributed by atoms with Gasteiger partial charge in [0.15, 0.2) is 11.5 Å². The number of aryl methyl sites for hydroxylation is 1. The lowest BCUT2D eigenvalue weighted by Crippen LogP contribution is -2.43. The van der Waals surface area contributed by atoms with Gasteiger partial charge in [0.25, 0.3) is 0 Å². The van der Waals surface area contributed by atoms with Crippen LogP contribution in [0.2, 0.25) is 0 Å². The Balaban J connectivity index is 1.97. The molecule has 7 nitrogen and oxygen atoms in total. The predicted octanol–water partition coefficient (Wildman–Crippen LogP) is 4.80. The molecule has 0 aromatic heterocycles. The molecule has 2 amide bonds. The van der Waals surface area contributed by atoms with Gasteiger partial charge >= 0.3 is 12.0 Å². The molecule has 0 bridgehead atoms. The summed E-state index contributed by atoms with van der Waals surface area (Å²) in [4.78, 5) is 27.3. The lowest BCUT2D eigenvalue weighted by Gasteiger charge is -2.37. The molecule has 2 aromatic carbocycles. The number of carbonyl (C=O) groups excluding carboxylic acids is 2. The number of ether oxygens (including phenoxy) is 3. The minimum Gasteiger partial charge on any atom is -0.490 e. The van der Waals surface area contributed by atoms with E-state index in [2.05, 4.69) is 5.32 Å². The van der Waals surface area contributed by atoms with E-state index in [4.69, 9.17) is 14.2 Å². The summed E-state index contributed by atoms with van der Waals surface area (Å²) in [7, 11) is 1.36. The van der Waals surface area contributed by atoms with E-state index in [0.29, 0.717) is 37.7 Å². The highest BCUT2D eigenvalue weighted by molar-refractivity contribution is 5.91. The van der Waals surface area contributed by atoms with Gasteiger partial charge in [-0.15, -0.1) is 0 Å². The molecule has 3 rings (SSSR count). The number of urea groups is 1. The van der Waals surface area contributed by atoms with Gasteiger partial charge in [-0.1, -0.05) is 12.1 Å². The molecular formula is C25H32N2O5. The first-order valence-corrected chi connectivity index (χ1v) is 11.0. The molecular weight excluding hydrogens is 408 g/mol. The number of nitrogens with zero attached hydrogens (tertiary/aromatic N) is 1. The van der Waals surface area contributed by atoms with Gasteiger partial charge in [0.2, 0.25) is 0 Å². The molecule has 2 aromatic rings. The van der Waals surface area contributed by atoms with Crippen molar-refractivity contribution in [2.24, 2.45) is 0 Å². The Labute approximate surface area is 189 Å². The molecule has 0 fully saturated rings. The molecule has 0 saturated heterocycles. The van der Waals surface area contributed by atoms with Crippen molar-refractivity contribution >= 4 is 17.7 Å². The summed E-state index contributed by atoms with van der Waals surface area (Å²) in [5.41, 5.74) is 4.80. The maximum atomic E-state index is 13.3. The van der Waals surface area contributed by atoms with E-state index in [1.54, 1.807) is 4.90 Å². The maximum absolute atomic E-state index is 13.3. The van der Waals surface area contributed by atoms with Crippen LogP contribution in [0.15, 0.2) is 30.3 Å². The molecule has 32 heavy (non-hydrogen) atoms. The third kappa shape index (κ3) is 4.98. The van der Waals surface area contributed by atoms with E-state index in [1.807, 2.05) is 58.0 Å². The first-order valence-electron chi connectivity index (χ1n) is 11.0. The summed E-state index contributed by atoms with van der Waals surface area (Å²) in [6.45, 7) is 9.30. The fourth-order valence-corrected chi connectivity index (χ4v) is 4.02. The van der Waals surface area contributed by atoms with Gasteiger partial charge in [-0.05, 0) is 74.6 Å². The predicted molar refractivity (Wildman–Crippen MR) is 123 cm³/mol. The van der Waals surface area contributed by atoms with E-state index in [0.717, 1.165) is 27.9 Å². The zero-order chi connectivity index (χ0) is 23.3. The Kier molecular flexibility index (Phi) is 7.62. The van der Waals surface area contributed by atoms with E-state index in [-0.39, 0.29) is 18.4 Å². The second-order valence-corrected chi connectivity index (χ2v) is 7.78. The Bertz CT molecular complexity index is 989. The summed E-state index contributed by atoms with van der Waals surface area (Å²) in [6.07, 6.45) is 0.711. The molecule has 1 heterocycles. The zero-order valence-electron chi connectivity index (χ0n) is 19.5. The Morgan fingerprint density at radius 3 is 2.44 bits per heavy atom. The van der Waals surface area contributed by atoms with Crippen LogP contribution < -0.4 is 14.8 Å². The molecule has 1 aliphatic heterocycles. The minimum atomic E-state index is -0.466. The zero-order valence-corrected chi connectivity index (χ0v) is 19.5. The van der Waals surface area contributed by atoms with Crippen LogP contribution in [0.3, 0.4) is 0 Å². The molecule has 0 unspecified atom stereocenters. The summed E-state index contributed by atoms with van der Waals surface area (Å²) in [6, 6.07) is 8.96. The topological polar surface area (TPSA) is 77.1 Å². The highest BCUT2D eigenvalue weighted by atomic mass is 16.5. The largest absolute Gasteiger partial charge is 0.490 e. The van der Waals surface area contributed by atoms with Gasteiger partial charge in [0.1, 0.15) is 0 Å². The second kappa shape index (κ2) is 10.4. The Morgan fingerprint density at radius 1 is 1.09 bits per heavy atom. The normalized spacial score (nSPS) is 15.0. The smallest absolute Gasteiger partial charge is 0.322 e. The Hall–Kier alpha value is -3.22. The molecule has 1 aliphatic rings. The van der Waals surface area contributed by atoms with E-state index >= 15 is 0 Å². The van der Waals surface area contributed by atoms with Gasteiger partial charge in [0, 0.05) is 12.2 Å². The van der Waals surface area contributed by atoms with Gasteiger partial charge in [-0.2, -0.15) is 0 Å². The fraction of sp³-hybridized carbons (Fsp3) is 0.440. The van der Waals surface area contributed by atoms with Crippen molar-refractivity contribution in [3.8, 4) is 11.5 Å². The number of amides is 2. The first-order chi connectivity index (χ1) is 15.4. The lowest BCUT2D eigenvalue weighted by molar-refractivity contribution is -0.141. The number of methoxy groups -OCH3 is 1. The fourth-order valence-electron chi connectivity index (χ4n) is 4.02. The van der Waals surface area contributed by atoms with Crippen LogP contribution in [-0.4, -0.2) is 43.8 Å². The van der Waals surface area contributed by atoms with Crippen molar-refractivity contribution in [3.05, 3.63) is 52.6 Å². The number of fused-ring (bicyclic) bond motifs is 1. The summed E-state index contributed by atoms with van der Waals surface area (Å²) < 4.78 is 16.5. The number of rotatable bonds is 7. The quantitative estimate of drug-likeness (QED) is 0.626. The van der Waals surface area contributed by atoms with Crippen LogP contribution in [-0.2, 0) is 16.0 Å². The average molecular weight is 441 g/mol. The van der Waals surface area contributed by atoms with Crippen LogP contribution in [0.5, 0.6) is 11.5 Å². The van der Waals surface area contributed by atoms with Crippen LogP contribution >= 0.6 is 0 Å². The van der Waals surface area contributed by atoms with Gasteiger partial charge in [-0.25, -0.2) is 4.79 Å². The van der Waals surface area contributed by atoms with E-state index in [9.17, 15) is 9.59 Å². The van der Waals surface area contributed by atoms with E-state index < -0.39 is 6.04 Å². The number of esters is 1. The Morgan fingerprint density at radius 2 is 1.78 bits per heavy atom. The van der Waals surface area contributed by atoms with Gasteiger partial charge < -0.3 is 24.4 Å². The number of benzene rings is 2. The number of nitrogens with one attached hydrogen (secondary N) is 1.